The molecule has 2 aliphatic rings. The number of carboxylic acids is 1. The molecule has 1 N–H and O–H groups in total. The van der Waals surface area contributed by atoms with Crippen LogP contribution in [0, 0.1) is 25.2 Å². The summed E-state index contributed by atoms with van der Waals surface area (Å²) in [6, 6.07) is 5.22. The Hall–Kier alpha value is -3.84. The zero-order chi connectivity index (χ0) is 33.6. The molecule has 2 heterocycles. The second-order valence-corrected chi connectivity index (χ2v) is 13.1. The highest BCUT2D eigenvalue weighted by Crippen LogP contribution is 2.44. The molecule has 8 nitrogen and oxygen atoms in total. The van der Waals surface area contributed by atoms with E-state index in [4.69, 9.17) is 0 Å². The van der Waals surface area contributed by atoms with Gasteiger partial charge in [-0.3, -0.25) is 4.79 Å². The Balaban J connectivity index is 1.55. The predicted molar refractivity (Wildman–Crippen MR) is 159 cm³/mol. The molecule has 250 valence electrons. The number of alkyl halides is 6. The van der Waals surface area contributed by atoms with Crippen LogP contribution >= 0.6 is 0 Å². The van der Waals surface area contributed by atoms with Crippen LogP contribution in [0.4, 0.5) is 38.0 Å². The van der Waals surface area contributed by atoms with Crippen molar-refractivity contribution in [2.75, 3.05) is 22.9 Å². The molecule has 46 heavy (non-hydrogen) atoms. The molecule has 1 aromatic heterocycles. The number of halogens is 6. The molecule has 0 radical (unpaired) electrons. The largest absolute Gasteiger partial charge is 0.481 e. The number of carboxylic acid groups (broad SMARTS) is 1. The minimum absolute atomic E-state index is 0.0947. The lowest BCUT2D eigenvalue weighted by molar-refractivity contribution is -0.150. The number of benzene rings is 2. The molecule has 1 aliphatic carbocycles. The van der Waals surface area contributed by atoms with Crippen molar-refractivity contribution in [2.45, 2.75) is 84.2 Å². The van der Waals surface area contributed by atoms with Gasteiger partial charge in [0.2, 0.25) is 0 Å². The second-order valence-electron chi connectivity index (χ2n) is 13.1. The molecule has 1 saturated carbocycles. The van der Waals surface area contributed by atoms with Crippen LogP contribution in [0.1, 0.15) is 84.9 Å². The molecule has 14 heteroatoms. The van der Waals surface area contributed by atoms with Gasteiger partial charge in [-0.25, -0.2) is 0 Å². The molecule has 0 spiro atoms. The fraction of sp³-hybridized carbons (Fsp3) is 0.562. The number of hydrogen-bond donors (Lipinski definition) is 1. The number of aromatic nitrogens is 4. The quantitative estimate of drug-likeness (QED) is 0.265. The van der Waals surface area contributed by atoms with E-state index in [2.05, 4.69) is 26.4 Å². The van der Waals surface area contributed by atoms with Gasteiger partial charge in [0.25, 0.3) is 5.95 Å². The van der Waals surface area contributed by atoms with Crippen molar-refractivity contribution >= 4 is 17.6 Å². The van der Waals surface area contributed by atoms with Gasteiger partial charge in [-0.2, -0.15) is 31.1 Å². The Morgan fingerprint density at radius 1 is 1.00 bits per heavy atom. The van der Waals surface area contributed by atoms with Crippen LogP contribution in [0.25, 0.3) is 0 Å². The maximum atomic E-state index is 13.8. The Kier molecular flexibility index (Phi) is 9.04. The number of aliphatic carboxylic acids is 1. The highest BCUT2D eigenvalue weighted by molar-refractivity contribution is 5.74. The molecule has 2 aromatic carbocycles. The van der Waals surface area contributed by atoms with Crippen LogP contribution in [-0.2, 0) is 30.7 Å². The van der Waals surface area contributed by atoms with Crippen molar-refractivity contribution in [3.05, 3.63) is 63.7 Å². The summed E-state index contributed by atoms with van der Waals surface area (Å²) in [6.07, 6.45) is -6.00. The first-order valence-electron chi connectivity index (χ1n) is 15.3. The summed E-state index contributed by atoms with van der Waals surface area (Å²) in [5, 5.41) is 22.1. The van der Waals surface area contributed by atoms with Gasteiger partial charge in [-0.1, -0.05) is 22.8 Å². The summed E-state index contributed by atoms with van der Waals surface area (Å²) in [6.45, 7) is 6.82. The number of nitrogens with zero attached hydrogens (tertiary/aromatic N) is 6. The first-order valence-corrected chi connectivity index (χ1v) is 15.3. The number of carbonyl (C=O) groups is 1. The molecule has 5 rings (SSSR count). The summed E-state index contributed by atoms with van der Waals surface area (Å²) in [7, 11) is 1.54. The summed E-state index contributed by atoms with van der Waals surface area (Å²) in [5.74, 6) is -0.403. The minimum Gasteiger partial charge on any atom is -0.481 e. The van der Waals surface area contributed by atoms with Crippen molar-refractivity contribution in [3.63, 3.8) is 0 Å². The van der Waals surface area contributed by atoms with E-state index in [-0.39, 0.29) is 30.0 Å². The van der Waals surface area contributed by atoms with Crippen LogP contribution in [0.15, 0.2) is 30.3 Å². The summed E-state index contributed by atoms with van der Waals surface area (Å²) in [5.41, 5.74) is 0.146. The summed E-state index contributed by atoms with van der Waals surface area (Å²) < 4.78 is 82.5. The Morgan fingerprint density at radius 2 is 1.63 bits per heavy atom. The van der Waals surface area contributed by atoms with Crippen molar-refractivity contribution in [1.29, 1.82) is 0 Å². The molecular formula is C32H38F6N6O2. The van der Waals surface area contributed by atoms with Crippen molar-refractivity contribution < 1.29 is 36.2 Å². The van der Waals surface area contributed by atoms with Gasteiger partial charge in [0.05, 0.1) is 29.6 Å². The minimum atomic E-state index is -4.98. The standard InChI is InChI=1S/C32H38F6N6O2/c1-19-12-20(2)27-25(13-19)26(6-5-11-43(27)17-21-7-9-30(3,10-8-21)28(45)46)44(29-39-41-42(4)40-29)18-22-14-23(31(33,34)35)16-24(15-22)32(36,37)38/h12-16,21,26H,5-11,17-18H2,1-4H3,(H,45,46)/t21?,26-,30?/m0/s1. The molecule has 1 atom stereocenters. The van der Waals surface area contributed by atoms with E-state index in [0.29, 0.717) is 38.8 Å². The zero-order valence-corrected chi connectivity index (χ0v) is 26.2. The maximum Gasteiger partial charge on any atom is 0.416 e. The van der Waals surface area contributed by atoms with Gasteiger partial charge in [0.15, 0.2) is 0 Å². The topological polar surface area (TPSA) is 87.4 Å². The number of rotatable bonds is 7. The van der Waals surface area contributed by atoms with E-state index in [1.54, 1.807) is 11.8 Å². The predicted octanol–water partition coefficient (Wildman–Crippen LogP) is 7.49. The number of tetrazole rings is 1. The van der Waals surface area contributed by atoms with Crippen LogP contribution in [0.2, 0.25) is 0 Å². The van der Waals surface area contributed by atoms with Gasteiger partial charge < -0.3 is 14.9 Å². The van der Waals surface area contributed by atoms with E-state index >= 15 is 0 Å². The molecule has 0 amide bonds. The molecule has 0 unspecified atom stereocenters. The molecule has 3 aromatic rings. The van der Waals surface area contributed by atoms with Crippen LogP contribution in [-0.4, -0.2) is 44.4 Å². The van der Waals surface area contributed by atoms with Gasteiger partial charge in [0, 0.05) is 25.3 Å². The Bertz CT molecular complexity index is 1550. The van der Waals surface area contributed by atoms with E-state index in [1.807, 2.05) is 19.9 Å². The van der Waals surface area contributed by atoms with E-state index < -0.39 is 40.9 Å². The third kappa shape index (κ3) is 7.10. The maximum absolute atomic E-state index is 13.8. The number of fused-ring (bicyclic) bond motifs is 1. The summed E-state index contributed by atoms with van der Waals surface area (Å²) in [4.78, 5) is 17.0. The van der Waals surface area contributed by atoms with Crippen molar-refractivity contribution in [2.24, 2.45) is 18.4 Å². The highest BCUT2D eigenvalue weighted by atomic mass is 19.4. The summed E-state index contributed by atoms with van der Waals surface area (Å²) >= 11 is 0. The molecule has 1 aliphatic heterocycles. The number of aryl methyl sites for hydroxylation is 3. The Morgan fingerprint density at radius 3 is 2.17 bits per heavy atom. The third-order valence-electron chi connectivity index (χ3n) is 9.39. The van der Waals surface area contributed by atoms with Gasteiger partial charge >= 0.3 is 18.3 Å². The lowest BCUT2D eigenvalue weighted by Gasteiger charge is -2.38. The average Bonchev–Trinajstić information content (AvgIpc) is 3.31. The highest BCUT2D eigenvalue weighted by Gasteiger charge is 2.40. The zero-order valence-electron chi connectivity index (χ0n) is 26.2. The molecule has 0 saturated heterocycles. The number of anilines is 2. The average molecular weight is 653 g/mol. The van der Waals surface area contributed by atoms with Crippen LogP contribution < -0.4 is 9.80 Å². The first-order chi connectivity index (χ1) is 21.4. The van der Waals surface area contributed by atoms with E-state index in [9.17, 15) is 36.2 Å². The lowest BCUT2D eigenvalue weighted by Crippen LogP contribution is -2.37. The second kappa shape index (κ2) is 12.4. The smallest absolute Gasteiger partial charge is 0.416 e. The molecule has 0 bridgehead atoms. The molecular weight excluding hydrogens is 614 g/mol. The van der Waals surface area contributed by atoms with Crippen LogP contribution in [0.5, 0.6) is 0 Å². The van der Waals surface area contributed by atoms with E-state index in [0.717, 1.165) is 47.4 Å². The monoisotopic (exact) mass is 652 g/mol. The number of hydrogen-bond acceptors (Lipinski definition) is 6. The van der Waals surface area contributed by atoms with Crippen molar-refractivity contribution in [3.8, 4) is 0 Å². The lowest BCUT2D eigenvalue weighted by atomic mass is 9.71. The van der Waals surface area contributed by atoms with Gasteiger partial charge in [-0.15, -0.1) is 5.10 Å². The fourth-order valence-corrected chi connectivity index (χ4v) is 6.97. The fourth-order valence-electron chi connectivity index (χ4n) is 6.97. The SMILES string of the molecule is Cc1cc(C)c2c(c1)[C@@H](N(Cc1cc(C(F)(F)F)cc(C(F)(F)F)c1)c1nnn(C)n1)CCCN2CC1CCC(C)(C(=O)O)CC1. The van der Waals surface area contributed by atoms with Crippen molar-refractivity contribution in [1.82, 2.24) is 20.2 Å². The van der Waals surface area contributed by atoms with E-state index in [1.165, 1.54) is 11.8 Å². The van der Waals surface area contributed by atoms with Crippen LogP contribution in [0.3, 0.4) is 0 Å². The Labute approximate surface area is 263 Å². The molecule has 1 fully saturated rings. The van der Waals surface area contributed by atoms with Gasteiger partial charge in [0.1, 0.15) is 0 Å². The normalized spacial score (nSPS) is 22.3. The van der Waals surface area contributed by atoms with Gasteiger partial charge in [-0.05, 0) is 105 Å². The third-order valence-corrected chi connectivity index (χ3v) is 9.39. The first kappa shape index (κ1) is 33.5.